The molecule has 1 amide bonds. The van der Waals surface area contributed by atoms with Crippen LogP contribution in [0.15, 0.2) is 18.2 Å². The van der Waals surface area contributed by atoms with Crippen molar-refractivity contribution in [3.05, 3.63) is 29.3 Å². The third kappa shape index (κ3) is 5.32. The van der Waals surface area contributed by atoms with Crippen molar-refractivity contribution < 1.29 is 19.1 Å². The molecular weight excluding hydrogens is 308 g/mol. The van der Waals surface area contributed by atoms with Crippen LogP contribution in [-0.2, 0) is 19.1 Å². The number of hydrogen-bond donors (Lipinski definition) is 0. The lowest BCUT2D eigenvalue weighted by Gasteiger charge is -2.30. The molecule has 1 atom stereocenters. The van der Waals surface area contributed by atoms with Crippen LogP contribution in [0.1, 0.15) is 18.1 Å². The van der Waals surface area contributed by atoms with Crippen LogP contribution >= 0.6 is 0 Å². The van der Waals surface area contributed by atoms with Crippen molar-refractivity contribution in [1.82, 2.24) is 4.90 Å². The van der Waals surface area contributed by atoms with Crippen molar-refractivity contribution in [3.63, 3.8) is 0 Å². The molecule has 0 saturated heterocycles. The van der Waals surface area contributed by atoms with Crippen LogP contribution < -0.4 is 4.90 Å². The Morgan fingerprint density at radius 2 is 1.75 bits per heavy atom. The molecule has 1 aromatic carbocycles. The molecule has 0 fully saturated rings. The summed E-state index contributed by atoms with van der Waals surface area (Å²) in [6.45, 7) is 6.34. The number of para-hydroxylation sites is 1. The average Bonchev–Trinajstić information content (AvgIpc) is 2.50. The van der Waals surface area contributed by atoms with Crippen LogP contribution in [0.3, 0.4) is 0 Å². The zero-order chi connectivity index (χ0) is 18.3. The Kier molecular flexibility index (Phi) is 7.88. The summed E-state index contributed by atoms with van der Waals surface area (Å²) in [6, 6.07) is 5.03. The predicted octanol–water partition coefficient (Wildman–Crippen LogP) is 1.78. The Balaban J connectivity index is 3.06. The second-order valence-corrected chi connectivity index (χ2v) is 6.08. The van der Waals surface area contributed by atoms with E-state index in [0.717, 1.165) is 16.8 Å². The normalized spacial score (nSPS) is 12.1. The number of rotatable bonds is 8. The van der Waals surface area contributed by atoms with E-state index in [0.29, 0.717) is 6.54 Å². The molecule has 0 aromatic heterocycles. The fourth-order valence-electron chi connectivity index (χ4n) is 2.47. The number of benzene rings is 1. The molecule has 0 heterocycles. The Hall–Kier alpha value is -1.92. The second kappa shape index (κ2) is 9.39. The number of esters is 1. The van der Waals surface area contributed by atoms with Gasteiger partial charge in [0.05, 0.1) is 5.69 Å². The van der Waals surface area contributed by atoms with Gasteiger partial charge in [-0.3, -0.25) is 9.69 Å². The molecule has 6 nitrogen and oxygen atoms in total. The fourth-order valence-corrected chi connectivity index (χ4v) is 2.47. The van der Waals surface area contributed by atoms with E-state index in [1.54, 1.807) is 6.92 Å². The summed E-state index contributed by atoms with van der Waals surface area (Å²) in [6.07, 6.45) is 0. The summed E-state index contributed by atoms with van der Waals surface area (Å²) in [5.41, 5.74) is 2.58. The van der Waals surface area contributed by atoms with E-state index < -0.39 is 12.0 Å². The van der Waals surface area contributed by atoms with E-state index in [2.05, 4.69) is 0 Å². The highest BCUT2D eigenvalue weighted by Gasteiger charge is 2.30. The highest BCUT2D eigenvalue weighted by molar-refractivity contribution is 6.01. The highest BCUT2D eigenvalue weighted by atomic mass is 16.5. The largest absolute Gasteiger partial charge is 0.463 e. The summed E-state index contributed by atoms with van der Waals surface area (Å²) >= 11 is 0. The number of nitrogens with zero attached hydrogens (tertiary/aromatic N) is 2. The second-order valence-electron chi connectivity index (χ2n) is 6.08. The molecule has 24 heavy (non-hydrogen) atoms. The van der Waals surface area contributed by atoms with Crippen LogP contribution in [0.5, 0.6) is 0 Å². The van der Waals surface area contributed by atoms with Crippen LogP contribution in [-0.4, -0.2) is 63.8 Å². The van der Waals surface area contributed by atoms with Crippen molar-refractivity contribution >= 4 is 17.6 Å². The van der Waals surface area contributed by atoms with Crippen molar-refractivity contribution in [2.75, 3.05) is 45.9 Å². The van der Waals surface area contributed by atoms with E-state index in [9.17, 15) is 9.59 Å². The smallest absolute Gasteiger partial charge is 0.329 e. The number of anilines is 1. The molecule has 0 unspecified atom stereocenters. The van der Waals surface area contributed by atoms with Gasteiger partial charge in [-0.25, -0.2) is 4.79 Å². The van der Waals surface area contributed by atoms with Gasteiger partial charge in [0.2, 0.25) is 0 Å². The third-order valence-corrected chi connectivity index (χ3v) is 3.73. The zero-order valence-corrected chi connectivity index (χ0v) is 15.5. The SMILES string of the molecule is COCC(=O)N(c1c(C)cccc1C)[C@@H](C)C(=O)OCCN(C)C. The van der Waals surface area contributed by atoms with Gasteiger partial charge in [-0.2, -0.15) is 0 Å². The topological polar surface area (TPSA) is 59.1 Å². The number of carbonyl (C=O) groups is 2. The summed E-state index contributed by atoms with van der Waals surface area (Å²) in [4.78, 5) is 28.4. The van der Waals surface area contributed by atoms with E-state index in [1.165, 1.54) is 12.0 Å². The molecular formula is C18H28N2O4. The van der Waals surface area contributed by atoms with Gasteiger partial charge in [-0.15, -0.1) is 0 Å². The summed E-state index contributed by atoms with van der Waals surface area (Å²) < 4.78 is 10.3. The van der Waals surface area contributed by atoms with Gasteiger partial charge in [-0.1, -0.05) is 18.2 Å². The Bertz CT molecular complexity index is 552. The molecule has 0 N–H and O–H groups in total. The lowest BCUT2D eigenvalue weighted by molar-refractivity contribution is -0.146. The minimum atomic E-state index is -0.727. The Morgan fingerprint density at radius 1 is 1.17 bits per heavy atom. The van der Waals surface area contributed by atoms with Crippen LogP contribution in [0, 0.1) is 13.8 Å². The van der Waals surface area contributed by atoms with Gasteiger partial charge < -0.3 is 14.4 Å². The van der Waals surface area contributed by atoms with Gasteiger partial charge in [-0.05, 0) is 46.0 Å². The quantitative estimate of drug-likeness (QED) is 0.677. The number of carbonyl (C=O) groups excluding carboxylic acids is 2. The minimum absolute atomic E-state index is 0.0942. The van der Waals surface area contributed by atoms with Crippen LogP contribution in [0.4, 0.5) is 5.69 Å². The first kappa shape index (κ1) is 20.1. The van der Waals surface area contributed by atoms with Gasteiger partial charge in [0.1, 0.15) is 19.3 Å². The Morgan fingerprint density at radius 3 is 2.25 bits per heavy atom. The number of methoxy groups -OCH3 is 1. The van der Waals surface area contributed by atoms with E-state index in [-0.39, 0.29) is 19.1 Å². The number of likely N-dealkylation sites (N-methyl/N-ethyl adjacent to an activating group) is 1. The van der Waals surface area contributed by atoms with Crippen molar-refractivity contribution in [1.29, 1.82) is 0 Å². The molecule has 0 radical (unpaired) electrons. The first-order valence-corrected chi connectivity index (χ1v) is 7.98. The molecule has 1 aromatic rings. The van der Waals surface area contributed by atoms with Gasteiger partial charge in [0.15, 0.2) is 0 Å². The van der Waals surface area contributed by atoms with Crippen LogP contribution in [0.25, 0.3) is 0 Å². The molecule has 6 heteroatoms. The predicted molar refractivity (Wildman–Crippen MR) is 94.3 cm³/mol. The van der Waals surface area contributed by atoms with Crippen LogP contribution in [0.2, 0.25) is 0 Å². The zero-order valence-electron chi connectivity index (χ0n) is 15.5. The monoisotopic (exact) mass is 336 g/mol. The van der Waals surface area contributed by atoms with Gasteiger partial charge >= 0.3 is 5.97 Å². The minimum Gasteiger partial charge on any atom is -0.463 e. The summed E-state index contributed by atoms with van der Waals surface area (Å²) in [5.74, 6) is -0.698. The number of ether oxygens (including phenoxy) is 2. The van der Waals surface area contributed by atoms with Crippen molar-refractivity contribution in [3.8, 4) is 0 Å². The van der Waals surface area contributed by atoms with Crippen molar-refractivity contribution in [2.24, 2.45) is 0 Å². The average molecular weight is 336 g/mol. The molecule has 0 aliphatic carbocycles. The standard InChI is InChI=1S/C18H28N2O4/c1-13-8-7-9-14(2)17(13)20(16(21)12-23-6)15(3)18(22)24-11-10-19(4)5/h7-9,15H,10-12H2,1-6H3/t15-/m0/s1. The fraction of sp³-hybridized carbons (Fsp3) is 0.556. The van der Waals surface area contributed by atoms with E-state index >= 15 is 0 Å². The summed E-state index contributed by atoms with van der Waals surface area (Å²) in [7, 11) is 5.27. The maximum atomic E-state index is 12.6. The molecule has 134 valence electrons. The molecule has 0 spiro atoms. The third-order valence-electron chi connectivity index (χ3n) is 3.73. The van der Waals surface area contributed by atoms with Gasteiger partial charge in [0.25, 0.3) is 5.91 Å². The van der Waals surface area contributed by atoms with E-state index in [4.69, 9.17) is 9.47 Å². The maximum absolute atomic E-state index is 12.6. The molecule has 1 rings (SSSR count). The maximum Gasteiger partial charge on any atom is 0.329 e. The highest BCUT2D eigenvalue weighted by Crippen LogP contribution is 2.27. The first-order chi connectivity index (χ1) is 11.3. The number of hydrogen-bond acceptors (Lipinski definition) is 5. The lowest BCUT2D eigenvalue weighted by atomic mass is 10.1. The van der Waals surface area contributed by atoms with Crippen molar-refractivity contribution in [2.45, 2.75) is 26.8 Å². The number of amides is 1. The van der Waals surface area contributed by atoms with E-state index in [1.807, 2.05) is 51.0 Å². The Labute approximate surface area is 144 Å². The lowest BCUT2D eigenvalue weighted by Crippen LogP contribution is -2.46. The van der Waals surface area contributed by atoms with Gasteiger partial charge in [0, 0.05) is 13.7 Å². The first-order valence-electron chi connectivity index (χ1n) is 7.98. The molecule has 0 aliphatic heterocycles. The number of aryl methyl sites for hydroxylation is 2. The molecule has 0 aliphatic rings. The summed E-state index contributed by atoms with van der Waals surface area (Å²) in [5, 5.41) is 0. The molecule has 0 saturated carbocycles. The molecule has 0 bridgehead atoms.